The van der Waals surface area contributed by atoms with Gasteiger partial charge in [0.25, 0.3) is 0 Å². The molecule has 0 fully saturated rings. The number of rotatable bonds is 5. The lowest BCUT2D eigenvalue weighted by atomic mass is 10.2. The standard InChI is InChI=1S/C11H14N4OS/c1-3-6-15-7-5-12-11(15)9(16)10-8(4-2)13-14-17-10/h5,7H,3-4,6H2,1-2H3. The number of ketones is 1. The maximum atomic E-state index is 12.3. The lowest BCUT2D eigenvalue weighted by Gasteiger charge is -2.04. The molecule has 0 unspecified atom stereocenters. The molecule has 6 heteroatoms. The first-order valence-corrected chi connectivity index (χ1v) is 6.42. The van der Waals surface area contributed by atoms with Crippen molar-refractivity contribution in [2.45, 2.75) is 33.2 Å². The number of aryl methyl sites for hydroxylation is 2. The molecule has 0 saturated carbocycles. The van der Waals surface area contributed by atoms with E-state index in [4.69, 9.17) is 0 Å². The summed E-state index contributed by atoms with van der Waals surface area (Å²) in [6, 6.07) is 0. The Morgan fingerprint density at radius 2 is 2.29 bits per heavy atom. The number of hydrogen-bond donors (Lipinski definition) is 0. The fourth-order valence-corrected chi connectivity index (χ4v) is 2.34. The van der Waals surface area contributed by atoms with Gasteiger partial charge in [-0.05, 0) is 24.4 Å². The van der Waals surface area contributed by atoms with Crippen LogP contribution in [-0.4, -0.2) is 24.9 Å². The van der Waals surface area contributed by atoms with E-state index in [1.165, 1.54) is 0 Å². The van der Waals surface area contributed by atoms with Crippen molar-refractivity contribution in [3.8, 4) is 0 Å². The van der Waals surface area contributed by atoms with Crippen molar-refractivity contribution in [2.75, 3.05) is 0 Å². The first-order chi connectivity index (χ1) is 8.27. The molecule has 2 rings (SSSR count). The second kappa shape index (κ2) is 5.18. The first kappa shape index (κ1) is 11.9. The third-order valence-electron chi connectivity index (χ3n) is 2.48. The van der Waals surface area contributed by atoms with Crippen molar-refractivity contribution in [3.63, 3.8) is 0 Å². The number of imidazole rings is 1. The van der Waals surface area contributed by atoms with E-state index in [1.54, 1.807) is 6.20 Å². The molecule has 2 heterocycles. The molecule has 0 aliphatic heterocycles. The summed E-state index contributed by atoms with van der Waals surface area (Å²) in [6.07, 6.45) is 5.17. The highest BCUT2D eigenvalue weighted by Crippen LogP contribution is 2.16. The van der Waals surface area contributed by atoms with Crippen LogP contribution in [0, 0.1) is 0 Å². The Morgan fingerprint density at radius 3 is 3.00 bits per heavy atom. The molecule has 0 saturated heterocycles. The zero-order valence-electron chi connectivity index (χ0n) is 9.88. The molecule has 0 N–H and O–H groups in total. The van der Waals surface area contributed by atoms with Crippen molar-refractivity contribution in [1.82, 2.24) is 19.1 Å². The number of aromatic nitrogens is 4. The Kier molecular flexibility index (Phi) is 3.63. The second-order valence-corrected chi connectivity index (χ2v) is 4.43. The number of carbonyl (C=O) groups excluding carboxylic acids is 1. The van der Waals surface area contributed by atoms with Crippen LogP contribution < -0.4 is 0 Å². The third-order valence-corrected chi connectivity index (χ3v) is 3.25. The van der Waals surface area contributed by atoms with E-state index in [0.717, 1.165) is 30.2 Å². The van der Waals surface area contributed by atoms with Crippen LogP contribution in [0.5, 0.6) is 0 Å². The summed E-state index contributed by atoms with van der Waals surface area (Å²) in [5.74, 6) is 0.405. The fraction of sp³-hybridized carbons (Fsp3) is 0.455. The highest BCUT2D eigenvalue weighted by atomic mass is 32.1. The average molecular weight is 250 g/mol. The molecule has 90 valence electrons. The van der Waals surface area contributed by atoms with E-state index >= 15 is 0 Å². The van der Waals surface area contributed by atoms with E-state index in [9.17, 15) is 4.79 Å². The minimum absolute atomic E-state index is 0.0738. The fourth-order valence-electron chi connectivity index (χ4n) is 1.65. The minimum atomic E-state index is -0.0738. The topological polar surface area (TPSA) is 60.7 Å². The largest absolute Gasteiger partial charge is 0.328 e. The second-order valence-electron chi connectivity index (χ2n) is 3.68. The summed E-state index contributed by atoms with van der Waals surface area (Å²) in [5, 5.41) is 3.95. The van der Waals surface area contributed by atoms with E-state index in [0.29, 0.717) is 17.1 Å². The van der Waals surface area contributed by atoms with Gasteiger partial charge in [0.15, 0.2) is 5.82 Å². The normalized spacial score (nSPS) is 10.7. The van der Waals surface area contributed by atoms with Gasteiger partial charge in [-0.25, -0.2) is 4.98 Å². The van der Waals surface area contributed by atoms with E-state index in [-0.39, 0.29) is 5.78 Å². The van der Waals surface area contributed by atoms with Crippen LogP contribution >= 0.6 is 11.5 Å². The SMILES string of the molecule is CCCn1ccnc1C(=O)c1snnc1CC. The summed E-state index contributed by atoms with van der Waals surface area (Å²) in [6.45, 7) is 4.83. The minimum Gasteiger partial charge on any atom is -0.328 e. The smallest absolute Gasteiger partial charge is 0.241 e. The maximum Gasteiger partial charge on any atom is 0.241 e. The third kappa shape index (κ3) is 2.26. The van der Waals surface area contributed by atoms with Crippen LogP contribution in [0.3, 0.4) is 0 Å². The van der Waals surface area contributed by atoms with E-state index in [2.05, 4.69) is 21.5 Å². The summed E-state index contributed by atoms with van der Waals surface area (Å²) in [4.78, 5) is 17.0. The molecule has 0 amide bonds. The van der Waals surface area contributed by atoms with Gasteiger partial charge in [0.2, 0.25) is 5.78 Å². The van der Waals surface area contributed by atoms with Crippen LogP contribution in [0.4, 0.5) is 0 Å². The van der Waals surface area contributed by atoms with Crippen LogP contribution in [0.25, 0.3) is 0 Å². The molecular weight excluding hydrogens is 236 g/mol. The molecule has 0 aromatic carbocycles. The lowest BCUT2D eigenvalue weighted by Crippen LogP contribution is -2.11. The van der Waals surface area contributed by atoms with Gasteiger partial charge in [-0.2, -0.15) is 0 Å². The Labute approximate surface area is 104 Å². The molecule has 0 aliphatic rings. The molecule has 17 heavy (non-hydrogen) atoms. The Hall–Kier alpha value is -1.56. The molecule has 2 aromatic rings. The highest BCUT2D eigenvalue weighted by Gasteiger charge is 2.20. The molecule has 0 bridgehead atoms. The highest BCUT2D eigenvalue weighted by molar-refractivity contribution is 7.08. The van der Waals surface area contributed by atoms with Crippen LogP contribution in [0.2, 0.25) is 0 Å². The predicted octanol–water partition coefficient (Wildman–Crippen LogP) is 1.94. The Bertz CT molecular complexity index is 517. The Balaban J connectivity index is 2.34. The molecule has 5 nitrogen and oxygen atoms in total. The van der Waals surface area contributed by atoms with Crippen molar-refractivity contribution in [1.29, 1.82) is 0 Å². The van der Waals surface area contributed by atoms with Gasteiger partial charge in [-0.15, -0.1) is 5.10 Å². The summed E-state index contributed by atoms with van der Waals surface area (Å²) in [5.41, 5.74) is 0.756. The van der Waals surface area contributed by atoms with Gasteiger partial charge in [-0.1, -0.05) is 18.3 Å². The van der Waals surface area contributed by atoms with Crippen molar-refractivity contribution in [3.05, 3.63) is 28.8 Å². The lowest BCUT2D eigenvalue weighted by molar-refractivity contribution is 0.102. The summed E-state index contributed by atoms with van der Waals surface area (Å²) < 4.78 is 5.71. The number of nitrogens with zero attached hydrogens (tertiary/aromatic N) is 4. The van der Waals surface area contributed by atoms with Gasteiger partial charge in [0, 0.05) is 18.9 Å². The number of carbonyl (C=O) groups is 1. The van der Waals surface area contributed by atoms with Gasteiger partial charge in [0.05, 0.1) is 5.69 Å². The molecular formula is C11H14N4OS. The average Bonchev–Trinajstić information content (AvgIpc) is 2.96. The van der Waals surface area contributed by atoms with Crippen LogP contribution in [0.15, 0.2) is 12.4 Å². The van der Waals surface area contributed by atoms with Gasteiger partial charge < -0.3 is 4.57 Å². The van der Waals surface area contributed by atoms with Crippen LogP contribution in [-0.2, 0) is 13.0 Å². The van der Waals surface area contributed by atoms with Crippen molar-refractivity contribution >= 4 is 17.3 Å². The number of hydrogen-bond acceptors (Lipinski definition) is 5. The monoisotopic (exact) mass is 250 g/mol. The zero-order valence-corrected chi connectivity index (χ0v) is 10.7. The van der Waals surface area contributed by atoms with Crippen molar-refractivity contribution in [2.24, 2.45) is 0 Å². The predicted molar refractivity (Wildman–Crippen MR) is 65.2 cm³/mol. The maximum absolute atomic E-state index is 12.3. The molecule has 0 radical (unpaired) electrons. The van der Waals surface area contributed by atoms with E-state index < -0.39 is 0 Å². The molecule has 0 aliphatic carbocycles. The van der Waals surface area contributed by atoms with Gasteiger partial charge in [0.1, 0.15) is 4.88 Å². The first-order valence-electron chi connectivity index (χ1n) is 5.65. The molecule has 0 spiro atoms. The van der Waals surface area contributed by atoms with Gasteiger partial charge >= 0.3 is 0 Å². The molecule has 0 atom stereocenters. The van der Waals surface area contributed by atoms with Gasteiger partial charge in [-0.3, -0.25) is 4.79 Å². The van der Waals surface area contributed by atoms with E-state index in [1.807, 2.05) is 17.7 Å². The van der Waals surface area contributed by atoms with Crippen molar-refractivity contribution < 1.29 is 4.79 Å². The summed E-state index contributed by atoms with van der Waals surface area (Å²) in [7, 11) is 0. The zero-order chi connectivity index (χ0) is 12.3. The van der Waals surface area contributed by atoms with Crippen LogP contribution in [0.1, 0.15) is 41.5 Å². The molecule has 2 aromatic heterocycles. The Morgan fingerprint density at radius 1 is 1.47 bits per heavy atom. The quantitative estimate of drug-likeness (QED) is 0.761. The summed E-state index contributed by atoms with van der Waals surface area (Å²) >= 11 is 1.14.